The molecule has 0 aliphatic carbocycles. The molecule has 0 fully saturated rings. The topological polar surface area (TPSA) is 66.4 Å². The minimum Gasteiger partial charge on any atom is -0.478 e. The monoisotopic (exact) mass is 269 g/mol. The van der Waals surface area contributed by atoms with Crippen molar-refractivity contribution >= 4 is 11.9 Å². The lowest BCUT2D eigenvalue weighted by Gasteiger charge is -2.06. The number of carboxylic acid groups (broad SMARTS) is 1. The fraction of sp³-hybridized carbons (Fsp3) is 0.125. The zero-order valence-corrected chi connectivity index (χ0v) is 10.9. The maximum atomic E-state index is 11.9. The molecule has 0 bridgehead atoms. The molecule has 0 aliphatic heterocycles. The van der Waals surface area contributed by atoms with Crippen LogP contribution in [0.5, 0.6) is 0 Å². The van der Waals surface area contributed by atoms with E-state index in [9.17, 15) is 9.59 Å². The molecule has 0 atom stereocenters. The van der Waals surface area contributed by atoms with Crippen LogP contribution in [0, 0.1) is 0 Å². The Bertz CT molecular complexity index is 608. The van der Waals surface area contributed by atoms with E-state index in [0.29, 0.717) is 12.1 Å². The Balaban J connectivity index is 1.92. The first kappa shape index (κ1) is 13.8. The Hall–Kier alpha value is -2.62. The fourth-order valence-corrected chi connectivity index (χ4v) is 1.86. The molecule has 0 radical (unpaired) electrons. The van der Waals surface area contributed by atoms with Crippen molar-refractivity contribution in [3.63, 3.8) is 0 Å². The number of benzene rings is 2. The number of amides is 1. The van der Waals surface area contributed by atoms with E-state index in [1.807, 2.05) is 30.3 Å². The van der Waals surface area contributed by atoms with Gasteiger partial charge in [-0.1, -0.05) is 36.4 Å². The summed E-state index contributed by atoms with van der Waals surface area (Å²) >= 11 is 0. The van der Waals surface area contributed by atoms with E-state index in [2.05, 4.69) is 5.32 Å². The van der Waals surface area contributed by atoms with Crippen molar-refractivity contribution < 1.29 is 14.7 Å². The highest BCUT2D eigenvalue weighted by molar-refractivity contribution is 5.97. The van der Waals surface area contributed by atoms with Crippen molar-refractivity contribution in [1.82, 2.24) is 5.32 Å². The van der Waals surface area contributed by atoms with Crippen LogP contribution in [-0.2, 0) is 6.42 Å². The second-order valence-electron chi connectivity index (χ2n) is 4.38. The lowest BCUT2D eigenvalue weighted by Crippen LogP contribution is -2.25. The third-order valence-corrected chi connectivity index (χ3v) is 2.91. The Labute approximate surface area is 117 Å². The molecule has 102 valence electrons. The van der Waals surface area contributed by atoms with E-state index in [-0.39, 0.29) is 11.5 Å². The molecule has 0 aromatic heterocycles. The highest BCUT2D eigenvalue weighted by Gasteiger charge is 2.08. The van der Waals surface area contributed by atoms with Gasteiger partial charge in [0.1, 0.15) is 0 Å². The number of aromatic carboxylic acids is 1. The number of carbonyl (C=O) groups excluding carboxylic acids is 1. The summed E-state index contributed by atoms with van der Waals surface area (Å²) in [5.74, 6) is -1.30. The molecule has 20 heavy (non-hydrogen) atoms. The van der Waals surface area contributed by atoms with Crippen LogP contribution >= 0.6 is 0 Å². The van der Waals surface area contributed by atoms with Crippen LogP contribution in [0.25, 0.3) is 0 Å². The molecule has 0 aliphatic rings. The molecule has 2 rings (SSSR count). The van der Waals surface area contributed by atoms with Gasteiger partial charge in [-0.2, -0.15) is 0 Å². The van der Waals surface area contributed by atoms with Gasteiger partial charge in [-0.05, 0) is 30.2 Å². The van der Waals surface area contributed by atoms with Crippen LogP contribution in [-0.4, -0.2) is 23.5 Å². The molecule has 4 nitrogen and oxygen atoms in total. The van der Waals surface area contributed by atoms with Gasteiger partial charge >= 0.3 is 5.97 Å². The molecule has 0 saturated heterocycles. The van der Waals surface area contributed by atoms with Crippen molar-refractivity contribution in [2.24, 2.45) is 0 Å². The number of hydrogen-bond acceptors (Lipinski definition) is 2. The molecular weight excluding hydrogens is 254 g/mol. The molecule has 0 unspecified atom stereocenters. The van der Waals surface area contributed by atoms with Gasteiger partial charge in [0, 0.05) is 12.1 Å². The zero-order valence-electron chi connectivity index (χ0n) is 10.9. The number of nitrogens with one attached hydrogen (secondary N) is 1. The van der Waals surface area contributed by atoms with Gasteiger partial charge < -0.3 is 10.4 Å². The van der Waals surface area contributed by atoms with E-state index in [1.54, 1.807) is 12.1 Å². The molecule has 0 spiro atoms. The van der Waals surface area contributed by atoms with Crippen LogP contribution in [0.2, 0.25) is 0 Å². The molecule has 2 N–H and O–H groups in total. The van der Waals surface area contributed by atoms with Crippen molar-refractivity contribution in [3.8, 4) is 0 Å². The molecule has 2 aromatic carbocycles. The molecule has 1 amide bonds. The number of hydrogen-bond donors (Lipinski definition) is 2. The van der Waals surface area contributed by atoms with E-state index >= 15 is 0 Å². The maximum absolute atomic E-state index is 11.9. The van der Waals surface area contributed by atoms with Crippen LogP contribution in [0.3, 0.4) is 0 Å². The van der Waals surface area contributed by atoms with E-state index in [1.165, 1.54) is 12.1 Å². The summed E-state index contributed by atoms with van der Waals surface area (Å²) in [5, 5.41) is 11.7. The van der Waals surface area contributed by atoms with Crippen LogP contribution in [0.1, 0.15) is 26.3 Å². The minimum absolute atomic E-state index is 0.112. The summed E-state index contributed by atoms with van der Waals surface area (Å²) in [7, 11) is 0. The Morgan fingerprint density at radius 1 is 0.950 bits per heavy atom. The van der Waals surface area contributed by atoms with Gasteiger partial charge in [0.2, 0.25) is 0 Å². The highest BCUT2D eigenvalue weighted by Crippen LogP contribution is 2.05. The zero-order chi connectivity index (χ0) is 14.4. The second-order valence-corrected chi connectivity index (χ2v) is 4.38. The van der Waals surface area contributed by atoms with E-state index < -0.39 is 5.97 Å². The first-order valence-electron chi connectivity index (χ1n) is 6.32. The minimum atomic E-state index is -1.04. The van der Waals surface area contributed by atoms with Gasteiger partial charge in [0.05, 0.1) is 5.56 Å². The van der Waals surface area contributed by atoms with Crippen molar-refractivity contribution in [3.05, 3.63) is 71.3 Å². The van der Waals surface area contributed by atoms with Crippen molar-refractivity contribution in [1.29, 1.82) is 0 Å². The van der Waals surface area contributed by atoms with Crippen molar-refractivity contribution in [2.45, 2.75) is 6.42 Å². The molecule has 2 aromatic rings. The maximum Gasteiger partial charge on any atom is 0.335 e. The number of carboxylic acids is 1. The lowest BCUT2D eigenvalue weighted by molar-refractivity contribution is 0.0697. The van der Waals surface area contributed by atoms with Gasteiger partial charge in [-0.15, -0.1) is 0 Å². The third kappa shape index (κ3) is 3.68. The van der Waals surface area contributed by atoms with Crippen LogP contribution in [0.4, 0.5) is 0 Å². The standard InChI is InChI=1S/C16H15NO3/c18-15(13-7-4-8-14(11-13)16(19)20)17-10-9-12-5-2-1-3-6-12/h1-8,11H,9-10H2,(H,17,18)(H,19,20). The summed E-state index contributed by atoms with van der Waals surface area (Å²) < 4.78 is 0. The second kappa shape index (κ2) is 6.52. The Morgan fingerprint density at radius 2 is 1.65 bits per heavy atom. The Kier molecular flexibility index (Phi) is 4.50. The average Bonchev–Trinajstić information content (AvgIpc) is 2.48. The summed E-state index contributed by atoms with van der Waals surface area (Å²) in [4.78, 5) is 22.7. The van der Waals surface area contributed by atoms with Crippen LogP contribution < -0.4 is 5.32 Å². The SMILES string of the molecule is O=C(O)c1cccc(C(=O)NCCc2ccccc2)c1. The first-order valence-corrected chi connectivity index (χ1v) is 6.32. The summed E-state index contributed by atoms with van der Waals surface area (Å²) in [5.41, 5.74) is 1.62. The molecule has 0 saturated carbocycles. The van der Waals surface area contributed by atoms with Gasteiger partial charge in [-0.25, -0.2) is 4.79 Å². The normalized spacial score (nSPS) is 10.0. The van der Waals surface area contributed by atoms with Gasteiger partial charge in [0.25, 0.3) is 5.91 Å². The quantitative estimate of drug-likeness (QED) is 0.875. The van der Waals surface area contributed by atoms with E-state index in [4.69, 9.17) is 5.11 Å². The number of rotatable bonds is 5. The molecular formula is C16H15NO3. The third-order valence-electron chi connectivity index (χ3n) is 2.91. The predicted molar refractivity (Wildman–Crippen MR) is 75.9 cm³/mol. The number of carbonyl (C=O) groups is 2. The smallest absolute Gasteiger partial charge is 0.335 e. The summed E-state index contributed by atoms with van der Waals surface area (Å²) in [6.07, 6.45) is 0.741. The van der Waals surface area contributed by atoms with Gasteiger partial charge in [0.15, 0.2) is 0 Å². The average molecular weight is 269 g/mol. The molecule has 0 heterocycles. The molecule has 4 heteroatoms. The van der Waals surface area contributed by atoms with Crippen molar-refractivity contribution in [2.75, 3.05) is 6.54 Å². The van der Waals surface area contributed by atoms with Gasteiger partial charge in [-0.3, -0.25) is 4.79 Å². The highest BCUT2D eigenvalue weighted by atomic mass is 16.4. The summed E-state index contributed by atoms with van der Waals surface area (Å²) in [6.45, 7) is 0.514. The Morgan fingerprint density at radius 3 is 2.35 bits per heavy atom. The lowest BCUT2D eigenvalue weighted by atomic mass is 10.1. The van der Waals surface area contributed by atoms with Crippen LogP contribution in [0.15, 0.2) is 54.6 Å². The summed E-state index contributed by atoms with van der Waals surface area (Å²) in [6, 6.07) is 15.8. The largest absolute Gasteiger partial charge is 0.478 e. The predicted octanol–water partition coefficient (Wildman–Crippen LogP) is 2.36. The first-order chi connectivity index (χ1) is 9.66. The van der Waals surface area contributed by atoms with E-state index in [0.717, 1.165) is 12.0 Å². The fourth-order valence-electron chi connectivity index (χ4n) is 1.86.